The highest BCUT2D eigenvalue weighted by Gasteiger charge is 2.15. The van der Waals surface area contributed by atoms with Crippen molar-refractivity contribution in [1.82, 2.24) is 9.97 Å². The van der Waals surface area contributed by atoms with Crippen LogP contribution in [0.25, 0.3) is 0 Å². The lowest BCUT2D eigenvalue weighted by Crippen LogP contribution is -2.15. The van der Waals surface area contributed by atoms with Crippen LogP contribution in [0.4, 0.5) is 16.3 Å². The molecular weight excluding hydrogens is 324 g/mol. The molecular formula is C13H14N4O5S. The molecule has 2 rings (SSSR count). The van der Waals surface area contributed by atoms with Crippen LogP contribution in [-0.4, -0.2) is 38.7 Å². The van der Waals surface area contributed by atoms with Crippen LogP contribution in [0.2, 0.25) is 0 Å². The number of ether oxygens (including phenoxy) is 2. The van der Waals surface area contributed by atoms with E-state index >= 15 is 0 Å². The summed E-state index contributed by atoms with van der Waals surface area (Å²) in [5.74, 6) is 0.309. The zero-order valence-corrected chi connectivity index (χ0v) is 13.1. The van der Waals surface area contributed by atoms with Crippen molar-refractivity contribution in [2.75, 3.05) is 24.3 Å². The normalized spacial score (nSPS) is 10.7. The number of benzene rings is 1. The molecule has 1 aromatic heterocycles. The molecule has 122 valence electrons. The fourth-order valence-electron chi connectivity index (χ4n) is 1.59. The van der Waals surface area contributed by atoms with E-state index in [4.69, 9.17) is 4.74 Å². The highest BCUT2D eigenvalue weighted by Crippen LogP contribution is 2.18. The number of rotatable bonds is 5. The molecule has 9 nitrogen and oxygen atoms in total. The fraction of sp³-hybridized carbons (Fsp3) is 0.154. The average Bonchev–Trinajstić information content (AvgIpc) is 2.55. The van der Waals surface area contributed by atoms with Gasteiger partial charge in [-0.2, -0.15) is 0 Å². The van der Waals surface area contributed by atoms with Gasteiger partial charge in [0.25, 0.3) is 10.0 Å². The Labute approximate surface area is 132 Å². The Hall–Kier alpha value is -2.88. The number of sulfonamides is 1. The summed E-state index contributed by atoms with van der Waals surface area (Å²) in [6.07, 6.45) is 0.534. The Morgan fingerprint density at radius 3 is 2.43 bits per heavy atom. The largest absolute Gasteiger partial charge is 0.481 e. The lowest BCUT2D eigenvalue weighted by Gasteiger charge is -2.09. The second-order valence-electron chi connectivity index (χ2n) is 4.19. The smallest absolute Gasteiger partial charge is 0.411 e. The Bertz CT molecular complexity index is 792. The Balaban J connectivity index is 2.17. The van der Waals surface area contributed by atoms with Gasteiger partial charge in [-0.1, -0.05) is 0 Å². The van der Waals surface area contributed by atoms with Crippen molar-refractivity contribution in [2.45, 2.75) is 4.90 Å². The predicted molar refractivity (Wildman–Crippen MR) is 81.9 cm³/mol. The first-order chi connectivity index (χ1) is 10.9. The quantitative estimate of drug-likeness (QED) is 0.847. The molecule has 0 saturated carbocycles. The molecule has 0 bridgehead atoms. The minimum Gasteiger partial charge on any atom is -0.481 e. The van der Waals surface area contributed by atoms with Gasteiger partial charge in [0.1, 0.15) is 12.1 Å². The summed E-state index contributed by atoms with van der Waals surface area (Å²) < 4.78 is 36.2. The molecule has 0 saturated heterocycles. The predicted octanol–water partition coefficient (Wildman–Crippen LogP) is 1.46. The maximum absolute atomic E-state index is 12.3. The van der Waals surface area contributed by atoms with Crippen molar-refractivity contribution in [3.05, 3.63) is 36.7 Å². The van der Waals surface area contributed by atoms with Gasteiger partial charge in [-0.15, -0.1) is 0 Å². The second kappa shape index (κ2) is 6.92. The summed E-state index contributed by atoms with van der Waals surface area (Å²) in [5.41, 5.74) is 0.402. The standard InChI is InChI=1S/C13H14N4O5S/c1-21-12-7-11(14-8-15-12)17-23(19,20)10-5-3-9(4-6-10)16-13(18)22-2/h3-8H,1-2H3,(H,16,18)(H,14,15,17). The summed E-state index contributed by atoms with van der Waals surface area (Å²) in [7, 11) is -1.19. The first-order valence-corrected chi connectivity index (χ1v) is 7.77. The fourth-order valence-corrected chi connectivity index (χ4v) is 2.59. The zero-order valence-electron chi connectivity index (χ0n) is 12.3. The van der Waals surface area contributed by atoms with Crippen molar-refractivity contribution in [1.29, 1.82) is 0 Å². The number of carbonyl (C=O) groups excluding carboxylic acids is 1. The van der Waals surface area contributed by atoms with Crippen molar-refractivity contribution < 1.29 is 22.7 Å². The van der Waals surface area contributed by atoms with Crippen LogP contribution >= 0.6 is 0 Å². The van der Waals surface area contributed by atoms with Crippen molar-refractivity contribution in [3.63, 3.8) is 0 Å². The van der Waals surface area contributed by atoms with E-state index in [0.717, 1.165) is 0 Å². The van der Waals surface area contributed by atoms with Gasteiger partial charge >= 0.3 is 6.09 Å². The topological polar surface area (TPSA) is 120 Å². The maximum atomic E-state index is 12.3. The van der Waals surface area contributed by atoms with Crippen molar-refractivity contribution in [3.8, 4) is 5.88 Å². The van der Waals surface area contributed by atoms with Gasteiger partial charge in [-0.25, -0.2) is 23.2 Å². The molecule has 0 spiro atoms. The van der Waals surface area contributed by atoms with Gasteiger partial charge in [0.05, 0.1) is 19.1 Å². The number of methoxy groups -OCH3 is 2. The molecule has 0 fully saturated rings. The van der Waals surface area contributed by atoms with Crippen LogP contribution in [-0.2, 0) is 14.8 Å². The summed E-state index contributed by atoms with van der Waals surface area (Å²) in [4.78, 5) is 18.7. The van der Waals surface area contributed by atoms with Gasteiger partial charge in [-0.05, 0) is 24.3 Å². The number of anilines is 2. The average molecular weight is 338 g/mol. The SMILES string of the molecule is COC(=O)Nc1ccc(S(=O)(=O)Nc2cc(OC)ncn2)cc1. The number of hydrogen-bond donors (Lipinski definition) is 2. The third-order valence-corrected chi connectivity index (χ3v) is 4.06. The van der Waals surface area contributed by atoms with Gasteiger partial charge in [-0.3, -0.25) is 10.0 Å². The molecule has 0 aliphatic carbocycles. The Morgan fingerprint density at radius 2 is 1.83 bits per heavy atom. The van der Waals surface area contributed by atoms with Crippen LogP contribution in [0.1, 0.15) is 0 Å². The van der Waals surface area contributed by atoms with E-state index in [1.165, 1.54) is 50.9 Å². The molecule has 1 aromatic carbocycles. The molecule has 10 heteroatoms. The molecule has 0 aliphatic rings. The number of carbonyl (C=O) groups is 1. The minimum atomic E-state index is -3.83. The summed E-state index contributed by atoms with van der Waals surface area (Å²) in [5, 5.41) is 2.42. The zero-order chi connectivity index (χ0) is 16.9. The summed E-state index contributed by atoms with van der Waals surface area (Å²) >= 11 is 0. The van der Waals surface area contributed by atoms with Gasteiger partial charge in [0.2, 0.25) is 5.88 Å². The molecule has 0 atom stereocenters. The van der Waals surface area contributed by atoms with E-state index in [0.29, 0.717) is 5.69 Å². The molecule has 0 unspecified atom stereocenters. The van der Waals surface area contributed by atoms with Gasteiger partial charge in [0, 0.05) is 11.8 Å². The van der Waals surface area contributed by atoms with Crippen LogP contribution in [0.3, 0.4) is 0 Å². The van der Waals surface area contributed by atoms with Gasteiger partial charge in [0.15, 0.2) is 0 Å². The third kappa shape index (κ3) is 4.30. The van der Waals surface area contributed by atoms with Crippen molar-refractivity contribution in [2.24, 2.45) is 0 Å². The molecule has 1 heterocycles. The van der Waals surface area contributed by atoms with E-state index in [-0.39, 0.29) is 16.6 Å². The molecule has 0 radical (unpaired) electrons. The van der Waals surface area contributed by atoms with Gasteiger partial charge < -0.3 is 9.47 Å². The maximum Gasteiger partial charge on any atom is 0.411 e. The number of nitrogens with zero attached hydrogens (tertiary/aromatic N) is 2. The van der Waals surface area contributed by atoms with E-state index in [2.05, 4.69) is 24.7 Å². The monoisotopic (exact) mass is 338 g/mol. The summed E-state index contributed by atoms with van der Waals surface area (Å²) in [6.45, 7) is 0. The van der Waals surface area contributed by atoms with E-state index in [9.17, 15) is 13.2 Å². The van der Waals surface area contributed by atoms with E-state index < -0.39 is 16.1 Å². The first kappa shape index (κ1) is 16.5. The van der Waals surface area contributed by atoms with E-state index in [1.54, 1.807) is 0 Å². The second-order valence-corrected chi connectivity index (χ2v) is 5.87. The molecule has 2 N–H and O–H groups in total. The highest BCUT2D eigenvalue weighted by atomic mass is 32.2. The lowest BCUT2D eigenvalue weighted by atomic mass is 10.3. The lowest BCUT2D eigenvalue weighted by molar-refractivity contribution is 0.187. The molecule has 2 aromatic rings. The van der Waals surface area contributed by atoms with E-state index in [1.807, 2.05) is 0 Å². The molecule has 0 aliphatic heterocycles. The number of nitrogens with one attached hydrogen (secondary N) is 2. The highest BCUT2D eigenvalue weighted by molar-refractivity contribution is 7.92. The molecule has 1 amide bonds. The first-order valence-electron chi connectivity index (χ1n) is 6.28. The Morgan fingerprint density at radius 1 is 1.13 bits per heavy atom. The Kier molecular flexibility index (Phi) is 4.96. The van der Waals surface area contributed by atoms with Crippen LogP contribution < -0.4 is 14.8 Å². The number of amides is 1. The van der Waals surface area contributed by atoms with Crippen LogP contribution in [0, 0.1) is 0 Å². The van der Waals surface area contributed by atoms with Crippen molar-refractivity contribution >= 4 is 27.6 Å². The number of aromatic nitrogens is 2. The third-order valence-electron chi connectivity index (χ3n) is 2.69. The summed E-state index contributed by atoms with van der Waals surface area (Å²) in [6, 6.07) is 6.90. The van der Waals surface area contributed by atoms with Crippen LogP contribution in [0.5, 0.6) is 5.88 Å². The number of hydrogen-bond acceptors (Lipinski definition) is 7. The molecule has 23 heavy (non-hydrogen) atoms. The van der Waals surface area contributed by atoms with Crippen LogP contribution in [0.15, 0.2) is 41.6 Å². The minimum absolute atomic E-state index is 0.00509.